The number of hydrogen-bond donors (Lipinski definition) is 1. The molecule has 0 aliphatic rings. The van der Waals surface area contributed by atoms with Crippen molar-refractivity contribution in [1.29, 1.82) is 0 Å². The maximum absolute atomic E-state index is 11.3. The molecule has 1 atom stereocenters. The fourth-order valence-electron chi connectivity index (χ4n) is 1.18. The summed E-state index contributed by atoms with van der Waals surface area (Å²) >= 11 is 1.69. The lowest BCUT2D eigenvalue weighted by molar-refractivity contribution is 0.113. The molecule has 15 heavy (non-hydrogen) atoms. The molecular formula is C11H17NO2S. The zero-order valence-electron chi connectivity index (χ0n) is 9.53. The highest BCUT2D eigenvalue weighted by molar-refractivity contribution is 7.12. The molecule has 0 bridgehead atoms. The Morgan fingerprint density at radius 2 is 2.07 bits per heavy atom. The Bertz CT molecular complexity index is 333. The van der Waals surface area contributed by atoms with E-state index >= 15 is 0 Å². The summed E-state index contributed by atoms with van der Waals surface area (Å²) < 4.78 is 5.00. The van der Waals surface area contributed by atoms with Crippen molar-refractivity contribution in [1.82, 2.24) is 5.32 Å². The first-order valence-corrected chi connectivity index (χ1v) is 5.84. The molecular weight excluding hydrogens is 210 g/mol. The monoisotopic (exact) mass is 227 g/mol. The Morgan fingerprint density at radius 1 is 1.40 bits per heavy atom. The van der Waals surface area contributed by atoms with Crippen molar-refractivity contribution >= 4 is 17.4 Å². The van der Waals surface area contributed by atoms with Gasteiger partial charge in [0.15, 0.2) is 0 Å². The Labute approximate surface area is 94.5 Å². The van der Waals surface area contributed by atoms with Crippen LogP contribution < -0.4 is 5.32 Å². The number of rotatable bonds is 3. The number of ether oxygens (including phenoxy) is 1. The van der Waals surface area contributed by atoms with Gasteiger partial charge < -0.3 is 10.1 Å². The summed E-state index contributed by atoms with van der Waals surface area (Å²) in [4.78, 5) is 13.7. The van der Waals surface area contributed by atoms with E-state index in [0.717, 1.165) is 4.88 Å². The molecule has 4 heteroatoms. The summed E-state index contributed by atoms with van der Waals surface area (Å²) in [6, 6.07) is 4.08. The van der Waals surface area contributed by atoms with Crippen molar-refractivity contribution in [2.45, 2.75) is 39.8 Å². The largest absolute Gasteiger partial charge is 0.447 e. The van der Waals surface area contributed by atoms with E-state index in [9.17, 15) is 4.79 Å². The third-order valence-electron chi connectivity index (χ3n) is 1.87. The number of hydrogen-bond acceptors (Lipinski definition) is 3. The highest BCUT2D eigenvalue weighted by atomic mass is 32.1. The smallest absolute Gasteiger partial charge is 0.407 e. The molecule has 1 aromatic heterocycles. The molecule has 1 aromatic rings. The van der Waals surface area contributed by atoms with Gasteiger partial charge in [-0.1, -0.05) is 0 Å². The van der Waals surface area contributed by atoms with Crippen LogP contribution in [0.15, 0.2) is 12.1 Å². The molecule has 1 rings (SSSR count). The van der Waals surface area contributed by atoms with Crippen LogP contribution in [0.4, 0.5) is 4.79 Å². The van der Waals surface area contributed by atoms with Crippen molar-refractivity contribution in [2.24, 2.45) is 0 Å². The number of alkyl carbamates (subject to hydrolysis) is 1. The van der Waals surface area contributed by atoms with Gasteiger partial charge in [0.05, 0.1) is 12.1 Å². The Kier molecular flexibility index (Phi) is 4.15. The number of amides is 1. The van der Waals surface area contributed by atoms with Gasteiger partial charge in [-0.05, 0) is 39.8 Å². The minimum absolute atomic E-state index is 0.00921. The number of nitrogens with one attached hydrogen (secondary N) is 1. The van der Waals surface area contributed by atoms with Gasteiger partial charge in [-0.25, -0.2) is 4.79 Å². The van der Waals surface area contributed by atoms with Crippen LogP contribution in [0.25, 0.3) is 0 Å². The highest BCUT2D eigenvalue weighted by Crippen LogP contribution is 2.22. The van der Waals surface area contributed by atoms with Crippen LogP contribution >= 0.6 is 11.3 Å². The first-order chi connectivity index (χ1) is 6.99. The normalized spacial score (nSPS) is 12.6. The van der Waals surface area contributed by atoms with Gasteiger partial charge in [0.2, 0.25) is 0 Å². The van der Waals surface area contributed by atoms with Crippen LogP contribution in [0.3, 0.4) is 0 Å². The standard InChI is InChI=1S/C11H17NO2S/c1-7(2)14-11(13)12-9(4)10-6-5-8(3)15-10/h5-7,9H,1-4H3,(H,12,13). The van der Waals surface area contributed by atoms with E-state index < -0.39 is 0 Å². The Hall–Kier alpha value is -1.03. The molecule has 1 unspecified atom stereocenters. The molecule has 0 saturated carbocycles. The highest BCUT2D eigenvalue weighted by Gasteiger charge is 2.12. The average molecular weight is 227 g/mol. The predicted molar refractivity (Wildman–Crippen MR) is 62.2 cm³/mol. The molecule has 0 aromatic carbocycles. The fraction of sp³-hybridized carbons (Fsp3) is 0.545. The summed E-state index contributed by atoms with van der Waals surface area (Å²) in [5.41, 5.74) is 0. The van der Waals surface area contributed by atoms with E-state index in [0.29, 0.717) is 0 Å². The quantitative estimate of drug-likeness (QED) is 0.860. The van der Waals surface area contributed by atoms with Crippen LogP contribution in [0.2, 0.25) is 0 Å². The lowest BCUT2D eigenvalue weighted by atomic mass is 10.3. The molecule has 0 saturated heterocycles. The second-order valence-corrected chi connectivity index (χ2v) is 5.09. The van der Waals surface area contributed by atoms with E-state index in [4.69, 9.17) is 4.74 Å². The molecule has 1 heterocycles. The van der Waals surface area contributed by atoms with Gasteiger partial charge in [-0.2, -0.15) is 0 Å². The molecule has 84 valence electrons. The number of aryl methyl sites for hydroxylation is 1. The summed E-state index contributed by atoms with van der Waals surface area (Å²) in [5.74, 6) is 0. The molecule has 0 spiro atoms. The first kappa shape index (κ1) is 12.0. The third kappa shape index (κ3) is 3.91. The van der Waals surface area contributed by atoms with Gasteiger partial charge >= 0.3 is 6.09 Å². The molecule has 0 aliphatic carbocycles. The van der Waals surface area contributed by atoms with E-state index in [-0.39, 0.29) is 18.2 Å². The number of thiophene rings is 1. The molecule has 3 nitrogen and oxygen atoms in total. The lowest BCUT2D eigenvalue weighted by Gasteiger charge is -2.14. The maximum atomic E-state index is 11.3. The molecule has 0 radical (unpaired) electrons. The summed E-state index contributed by atoms with van der Waals surface area (Å²) in [7, 11) is 0. The minimum atomic E-state index is -0.358. The van der Waals surface area contributed by atoms with Gasteiger partial charge in [0.25, 0.3) is 0 Å². The van der Waals surface area contributed by atoms with Crippen LogP contribution in [-0.2, 0) is 4.74 Å². The number of carbonyl (C=O) groups excluding carboxylic acids is 1. The second-order valence-electron chi connectivity index (χ2n) is 3.77. The topological polar surface area (TPSA) is 38.3 Å². The van der Waals surface area contributed by atoms with Crippen molar-refractivity contribution in [3.8, 4) is 0 Å². The third-order valence-corrected chi connectivity index (χ3v) is 3.05. The van der Waals surface area contributed by atoms with Gasteiger partial charge in [0.1, 0.15) is 0 Å². The minimum Gasteiger partial charge on any atom is -0.447 e. The summed E-state index contributed by atoms with van der Waals surface area (Å²) in [6.07, 6.45) is -0.439. The van der Waals surface area contributed by atoms with E-state index in [1.165, 1.54) is 4.88 Å². The van der Waals surface area contributed by atoms with Crippen molar-refractivity contribution in [3.63, 3.8) is 0 Å². The first-order valence-electron chi connectivity index (χ1n) is 5.02. The van der Waals surface area contributed by atoms with E-state index in [1.807, 2.05) is 39.8 Å². The maximum Gasteiger partial charge on any atom is 0.407 e. The Morgan fingerprint density at radius 3 is 2.53 bits per heavy atom. The predicted octanol–water partition coefficient (Wildman–Crippen LogP) is 3.25. The summed E-state index contributed by atoms with van der Waals surface area (Å²) in [5, 5.41) is 2.79. The van der Waals surface area contributed by atoms with Crippen molar-refractivity contribution in [2.75, 3.05) is 0 Å². The molecule has 1 amide bonds. The van der Waals surface area contributed by atoms with Gasteiger partial charge in [-0.15, -0.1) is 11.3 Å². The molecule has 0 fully saturated rings. The molecule has 0 aliphatic heterocycles. The second kappa shape index (κ2) is 5.16. The molecule has 1 N–H and O–H groups in total. The lowest BCUT2D eigenvalue weighted by Crippen LogP contribution is -2.28. The van der Waals surface area contributed by atoms with Crippen LogP contribution in [0, 0.1) is 6.92 Å². The van der Waals surface area contributed by atoms with Crippen LogP contribution in [0.5, 0.6) is 0 Å². The van der Waals surface area contributed by atoms with E-state index in [2.05, 4.69) is 5.32 Å². The fourth-order valence-corrected chi connectivity index (χ4v) is 2.06. The van der Waals surface area contributed by atoms with Gasteiger partial charge in [-0.3, -0.25) is 0 Å². The van der Waals surface area contributed by atoms with E-state index in [1.54, 1.807) is 11.3 Å². The SMILES string of the molecule is Cc1ccc(C(C)NC(=O)OC(C)C)s1. The van der Waals surface area contributed by atoms with Crippen LogP contribution in [-0.4, -0.2) is 12.2 Å². The van der Waals surface area contributed by atoms with Gasteiger partial charge in [0, 0.05) is 9.75 Å². The van der Waals surface area contributed by atoms with Crippen LogP contribution in [0.1, 0.15) is 36.6 Å². The zero-order chi connectivity index (χ0) is 11.4. The van der Waals surface area contributed by atoms with Crippen molar-refractivity contribution < 1.29 is 9.53 Å². The number of carbonyl (C=O) groups is 1. The van der Waals surface area contributed by atoms with Crippen molar-refractivity contribution in [3.05, 3.63) is 21.9 Å². The average Bonchev–Trinajstić information content (AvgIpc) is 2.49. The summed E-state index contributed by atoms with van der Waals surface area (Å²) in [6.45, 7) is 7.67. The Balaban J connectivity index is 2.48. The zero-order valence-corrected chi connectivity index (χ0v) is 10.4.